The molecule has 1 atom stereocenters. The predicted molar refractivity (Wildman–Crippen MR) is 108 cm³/mol. The summed E-state index contributed by atoms with van der Waals surface area (Å²) in [5, 5.41) is 13.2. The zero-order chi connectivity index (χ0) is 19.4. The van der Waals surface area contributed by atoms with Gasteiger partial charge in [0.15, 0.2) is 0 Å². The molecule has 1 aliphatic carbocycles. The third-order valence-electron chi connectivity index (χ3n) is 4.90. The molecule has 1 aromatic heterocycles. The number of carbonyl (C=O) groups is 1. The largest absolute Gasteiger partial charge is 0.497 e. The predicted octanol–water partition coefficient (Wildman–Crippen LogP) is 3.82. The van der Waals surface area contributed by atoms with Crippen LogP contribution in [-0.4, -0.2) is 31.5 Å². The molecule has 1 amide bonds. The summed E-state index contributed by atoms with van der Waals surface area (Å²) in [4.78, 5) is 15.7. The molecule has 6 heteroatoms. The average Bonchev–Trinajstić information content (AvgIpc) is 2.97. The molecule has 0 spiro atoms. The number of carbonyl (C=O) groups excluding carboxylic acids is 1. The Balaban J connectivity index is 1.61. The molecule has 1 aliphatic rings. The van der Waals surface area contributed by atoms with Gasteiger partial charge in [-0.1, -0.05) is 19.1 Å². The molecular formula is C21H25N3O2S. The number of hydrogen-bond acceptors (Lipinski definition) is 5. The topological polar surface area (TPSA) is 65.4 Å². The Hall–Kier alpha value is -2.36. The SMILES string of the molecule is COc1ccc(CN(C)CC(=O)Nc2sc3c(c2C#N)CC[C@@H](C)C3)cc1. The second-order valence-electron chi connectivity index (χ2n) is 7.24. The van der Waals surface area contributed by atoms with Crippen LogP contribution in [0.25, 0.3) is 0 Å². The molecule has 0 bridgehead atoms. The van der Waals surface area contributed by atoms with E-state index in [0.29, 0.717) is 23.0 Å². The number of likely N-dealkylation sites (N-methyl/N-ethyl adjacent to an activating group) is 1. The standard InChI is InChI=1S/C21H25N3O2S/c1-14-4-9-17-18(11-22)21(27-19(17)10-14)23-20(25)13-24(2)12-15-5-7-16(26-3)8-6-15/h5-8,14H,4,9-10,12-13H2,1-3H3,(H,23,25)/t14-/m1/s1. The Kier molecular flexibility index (Phi) is 6.15. The van der Waals surface area contributed by atoms with Crippen molar-refractivity contribution in [2.75, 3.05) is 26.0 Å². The molecule has 1 aromatic carbocycles. The van der Waals surface area contributed by atoms with Gasteiger partial charge >= 0.3 is 0 Å². The molecule has 2 aromatic rings. The first-order chi connectivity index (χ1) is 13.0. The number of anilines is 1. The lowest BCUT2D eigenvalue weighted by molar-refractivity contribution is -0.117. The van der Waals surface area contributed by atoms with Crippen LogP contribution in [0.3, 0.4) is 0 Å². The maximum absolute atomic E-state index is 12.5. The Morgan fingerprint density at radius 1 is 1.41 bits per heavy atom. The minimum atomic E-state index is -0.0887. The van der Waals surface area contributed by atoms with E-state index >= 15 is 0 Å². The summed E-state index contributed by atoms with van der Waals surface area (Å²) in [5.41, 5.74) is 2.92. The number of nitrogens with one attached hydrogen (secondary N) is 1. The van der Waals surface area contributed by atoms with Crippen molar-refractivity contribution in [2.45, 2.75) is 32.7 Å². The van der Waals surface area contributed by atoms with Crippen LogP contribution in [0.5, 0.6) is 5.75 Å². The summed E-state index contributed by atoms with van der Waals surface area (Å²) in [6, 6.07) is 10.1. The van der Waals surface area contributed by atoms with Crippen LogP contribution in [0, 0.1) is 17.2 Å². The van der Waals surface area contributed by atoms with Crippen molar-refractivity contribution >= 4 is 22.2 Å². The maximum atomic E-state index is 12.5. The summed E-state index contributed by atoms with van der Waals surface area (Å²) in [6.07, 6.45) is 3.04. The van der Waals surface area contributed by atoms with Crippen molar-refractivity contribution < 1.29 is 9.53 Å². The van der Waals surface area contributed by atoms with E-state index in [-0.39, 0.29) is 12.5 Å². The van der Waals surface area contributed by atoms with E-state index in [4.69, 9.17) is 4.74 Å². The van der Waals surface area contributed by atoms with E-state index in [2.05, 4.69) is 18.3 Å². The molecule has 1 N–H and O–H groups in total. The number of ether oxygens (including phenoxy) is 1. The van der Waals surface area contributed by atoms with Gasteiger partial charge in [-0.3, -0.25) is 9.69 Å². The normalized spacial score (nSPS) is 15.9. The Morgan fingerprint density at radius 2 is 2.15 bits per heavy atom. The van der Waals surface area contributed by atoms with Crippen LogP contribution in [0.15, 0.2) is 24.3 Å². The molecule has 5 nitrogen and oxygen atoms in total. The van der Waals surface area contributed by atoms with Gasteiger partial charge in [-0.25, -0.2) is 0 Å². The second-order valence-corrected chi connectivity index (χ2v) is 8.34. The van der Waals surface area contributed by atoms with E-state index in [9.17, 15) is 10.1 Å². The smallest absolute Gasteiger partial charge is 0.239 e. The summed E-state index contributed by atoms with van der Waals surface area (Å²) < 4.78 is 5.17. The Bertz CT molecular complexity index is 852. The van der Waals surface area contributed by atoms with Crippen LogP contribution in [-0.2, 0) is 24.2 Å². The van der Waals surface area contributed by atoms with Gasteiger partial charge in [0.25, 0.3) is 0 Å². The highest BCUT2D eigenvalue weighted by Gasteiger charge is 2.24. The van der Waals surface area contributed by atoms with Gasteiger partial charge in [-0.15, -0.1) is 11.3 Å². The highest BCUT2D eigenvalue weighted by atomic mass is 32.1. The third kappa shape index (κ3) is 4.68. The van der Waals surface area contributed by atoms with Gasteiger partial charge in [0.05, 0.1) is 19.2 Å². The van der Waals surface area contributed by atoms with Crippen LogP contribution in [0.4, 0.5) is 5.00 Å². The number of benzene rings is 1. The molecule has 0 radical (unpaired) electrons. The molecule has 27 heavy (non-hydrogen) atoms. The van der Waals surface area contributed by atoms with Crippen molar-refractivity contribution in [3.63, 3.8) is 0 Å². The average molecular weight is 384 g/mol. The monoisotopic (exact) mass is 383 g/mol. The fourth-order valence-electron chi connectivity index (χ4n) is 3.47. The summed E-state index contributed by atoms with van der Waals surface area (Å²) >= 11 is 1.57. The highest BCUT2D eigenvalue weighted by molar-refractivity contribution is 7.16. The minimum Gasteiger partial charge on any atom is -0.497 e. The molecule has 0 fully saturated rings. The first-order valence-electron chi connectivity index (χ1n) is 9.16. The Labute approximate surface area is 164 Å². The molecule has 1 heterocycles. The van der Waals surface area contributed by atoms with Crippen molar-refractivity contribution in [3.05, 3.63) is 45.8 Å². The highest BCUT2D eigenvalue weighted by Crippen LogP contribution is 2.39. The zero-order valence-electron chi connectivity index (χ0n) is 16.0. The quantitative estimate of drug-likeness (QED) is 0.823. The second kappa shape index (κ2) is 8.55. The van der Waals surface area contributed by atoms with Gasteiger partial charge in [0.2, 0.25) is 5.91 Å². The molecular weight excluding hydrogens is 358 g/mol. The van der Waals surface area contributed by atoms with Crippen molar-refractivity contribution in [2.24, 2.45) is 5.92 Å². The van der Waals surface area contributed by atoms with Crippen molar-refractivity contribution in [3.8, 4) is 11.8 Å². The van der Waals surface area contributed by atoms with Crippen molar-refractivity contribution in [1.82, 2.24) is 4.90 Å². The molecule has 142 valence electrons. The lowest BCUT2D eigenvalue weighted by Gasteiger charge is -2.17. The lowest BCUT2D eigenvalue weighted by atomic mass is 9.89. The van der Waals surface area contributed by atoms with Gasteiger partial charge in [0.1, 0.15) is 16.8 Å². The van der Waals surface area contributed by atoms with E-state index in [1.165, 1.54) is 4.88 Å². The Morgan fingerprint density at radius 3 is 2.81 bits per heavy atom. The molecule has 0 unspecified atom stereocenters. The number of rotatable bonds is 6. The summed E-state index contributed by atoms with van der Waals surface area (Å²) in [5.74, 6) is 1.37. The van der Waals surface area contributed by atoms with E-state index in [0.717, 1.165) is 36.1 Å². The number of amides is 1. The zero-order valence-corrected chi connectivity index (χ0v) is 16.9. The van der Waals surface area contributed by atoms with Crippen LogP contribution < -0.4 is 10.1 Å². The van der Waals surface area contributed by atoms with Crippen LogP contribution >= 0.6 is 11.3 Å². The van der Waals surface area contributed by atoms with Crippen LogP contribution in [0.1, 0.15) is 34.9 Å². The third-order valence-corrected chi connectivity index (χ3v) is 6.07. The minimum absolute atomic E-state index is 0.0887. The fraction of sp³-hybridized carbons (Fsp3) is 0.429. The summed E-state index contributed by atoms with van der Waals surface area (Å²) in [6.45, 7) is 3.18. The van der Waals surface area contributed by atoms with E-state index in [1.54, 1.807) is 18.4 Å². The summed E-state index contributed by atoms with van der Waals surface area (Å²) in [7, 11) is 3.56. The number of nitriles is 1. The molecule has 0 aliphatic heterocycles. The molecule has 3 rings (SSSR count). The number of methoxy groups -OCH3 is 1. The number of thiophene rings is 1. The van der Waals surface area contributed by atoms with Gasteiger partial charge < -0.3 is 10.1 Å². The lowest BCUT2D eigenvalue weighted by Crippen LogP contribution is -2.29. The first-order valence-corrected chi connectivity index (χ1v) is 9.97. The van der Waals surface area contributed by atoms with E-state index < -0.39 is 0 Å². The number of hydrogen-bond donors (Lipinski definition) is 1. The number of fused-ring (bicyclic) bond motifs is 1. The van der Waals surface area contributed by atoms with Gasteiger partial charge in [0, 0.05) is 11.4 Å². The molecule has 0 saturated heterocycles. The first kappa shape index (κ1) is 19.4. The fourth-order valence-corrected chi connectivity index (χ4v) is 4.84. The van der Waals surface area contributed by atoms with Gasteiger partial charge in [-0.2, -0.15) is 5.26 Å². The van der Waals surface area contributed by atoms with Crippen molar-refractivity contribution in [1.29, 1.82) is 5.26 Å². The molecule has 0 saturated carbocycles. The maximum Gasteiger partial charge on any atom is 0.239 e. The van der Waals surface area contributed by atoms with Crippen LogP contribution in [0.2, 0.25) is 0 Å². The number of nitrogens with zero attached hydrogens (tertiary/aromatic N) is 2. The van der Waals surface area contributed by atoms with E-state index in [1.807, 2.05) is 36.2 Å². The van der Waals surface area contributed by atoms with Gasteiger partial charge in [-0.05, 0) is 55.5 Å².